The summed E-state index contributed by atoms with van der Waals surface area (Å²) in [6.45, 7) is 4.89. The average molecular weight is 180 g/mol. The lowest BCUT2D eigenvalue weighted by Gasteiger charge is -2.34. The number of nitrogens with two attached hydrogens (primary N) is 1. The minimum Gasteiger partial charge on any atom is -0.329 e. The summed E-state index contributed by atoms with van der Waals surface area (Å²) in [6.07, 6.45) is 9.03. The highest BCUT2D eigenvalue weighted by Crippen LogP contribution is 2.41. The van der Waals surface area contributed by atoms with E-state index in [1.54, 1.807) is 0 Å². The Hall–Kier alpha value is -0.520. The Labute approximate surface area is 81.3 Å². The fourth-order valence-corrected chi connectivity index (χ4v) is 1.99. The molecule has 1 fully saturated rings. The van der Waals surface area contributed by atoms with Crippen molar-refractivity contribution in [1.29, 1.82) is 0 Å². The average Bonchev–Trinajstić information content (AvgIpc) is 2.97. The van der Waals surface area contributed by atoms with Crippen LogP contribution >= 0.6 is 0 Å². The number of hydrogen-bond donors (Lipinski definition) is 2. The summed E-state index contributed by atoms with van der Waals surface area (Å²) in [5, 5.41) is 3.48. The molecule has 0 aromatic heterocycles. The van der Waals surface area contributed by atoms with Crippen molar-refractivity contribution in [1.82, 2.24) is 5.32 Å². The summed E-state index contributed by atoms with van der Waals surface area (Å²) in [5.41, 5.74) is 5.93. The molecule has 2 unspecified atom stereocenters. The predicted octanol–water partition coefficient (Wildman–Crippen LogP) is 1.12. The molecule has 0 aromatic carbocycles. The molecule has 2 atom stereocenters. The van der Waals surface area contributed by atoms with Crippen LogP contribution in [0.1, 0.15) is 33.1 Å². The standard InChI is InChI=1S/C11H20N2/c1-4-9(3)13-11(5-2,8-12)10-6-7-10/h1,9-10,13H,5-8,12H2,2-3H3. The topological polar surface area (TPSA) is 38.0 Å². The third-order valence-electron chi connectivity index (χ3n) is 3.11. The molecule has 0 aliphatic heterocycles. The van der Waals surface area contributed by atoms with Crippen LogP contribution in [0.5, 0.6) is 0 Å². The second-order valence-corrected chi connectivity index (χ2v) is 4.02. The summed E-state index contributed by atoms with van der Waals surface area (Å²) in [7, 11) is 0. The molecule has 1 aliphatic carbocycles. The molecule has 0 spiro atoms. The van der Waals surface area contributed by atoms with E-state index in [0.29, 0.717) is 6.54 Å². The fraction of sp³-hybridized carbons (Fsp3) is 0.818. The summed E-state index contributed by atoms with van der Waals surface area (Å²) < 4.78 is 0. The van der Waals surface area contributed by atoms with Gasteiger partial charge < -0.3 is 5.73 Å². The molecule has 13 heavy (non-hydrogen) atoms. The minimum absolute atomic E-state index is 0.103. The molecule has 0 amide bonds. The van der Waals surface area contributed by atoms with E-state index in [1.807, 2.05) is 6.92 Å². The number of nitrogens with one attached hydrogen (secondary N) is 1. The molecule has 0 heterocycles. The Balaban J connectivity index is 2.60. The quantitative estimate of drug-likeness (QED) is 0.622. The smallest absolute Gasteiger partial charge is 0.0663 e. The lowest BCUT2D eigenvalue weighted by molar-refractivity contribution is 0.269. The normalized spacial score (nSPS) is 23.2. The van der Waals surface area contributed by atoms with Crippen LogP contribution in [0.2, 0.25) is 0 Å². The molecule has 2 heteroatoms. The first-order valence-corrected chi connectivity index (χ1v) is 5.12. The van der Waals surface area contributed by atoms with Gasteiger partial charge in [-0.2, -0.15) is 0 Å². The third-order valence-corrected chi connectivity index (χ3v) is 3.11. The molecule has 1 aliphatic rings. The van der Waals surface area contributed by atoms with Crippen LogP contribution in [-0.2, 0) is 0 Å². The molecule has 0 saturated heterocycles. The van der Waals surface area contributed by atoms with Crippen LogP contribution in [0.3, 0.4) is 0 Å². The monoisotopic (exact) mass is 180 g/mol. The predicted molar refractivity (Wildman–Crippen MR) is 56.2 cm³/mol. The maximum absolute atomic E-state index is 5.83. The van der Waals surface area contributed by atoms with Gasteiger partial charge in [-0.3, -0.25) is 5.32 Å². The van der Waals surface area contributed by atoms with Crippen molar-refractivity contribution in [3.05, 3.63) is 0 Å². The first-order valence-electron chi connectivity index (χ1n) is 5.12. The van der Waals surface area contributed by atoms with E-state index < -0.39 is 0 Å². The van der Waals surface area contributed by atoms with Gasteiger partial charge in [0.25, 0.3) is 0 Å². The van der Waals surface area contributed by atoms with Gasteiger partial charge in [0.05, 0.1) is 6.04 Å². The molecular formula is C11H20N2. The highest BCUT2D eigenvalue weighted by atomic mass is 15.0. The third kappa shape index (κ3) is 2.24. The van der Waals surface area contributed by atoms with Gasteiger partial charge in [0.15, 0.2) is 0 Å². The van der Waals surface area contributed by atoms with Gasteiger partial charge in [0.2, 0.25) is 0 Å². The first-order chi connectivity index (χ1) is 6.18. The molecule has 0 radical (unpaired) electrons. The zero-order valence-electron chi connectivity index (χ0n) is 8.64. The highest BCUT2D eigenvalue weighted by Gasteiger charge is 2.43. The van der Waals surface area contributed by atoms with Crippen molar-refractivity contribution in [3.8, 4) is 12.3 Å². The van der Waals surface area contributed by atoms with Crippen molar-refractivity contribution in [2.24, 2.45) is 11.7 Å². The summed E-state index contributed by atoms with van der Waals surface area (Å²) in [6, 6.07) is 0.129. The molecule has 74 valence electrons. The minimum atomic E-state index is 0.103. The van der Waals surface area contributed by atoms with Crippen LogP contribution in [0, 0.1) is 18.3 Å². The second-order valence-electron chi connectivity index (χ2n) is 4.02. The lowest BCUT2D eigenvalue weighted by atomic mass is 9.89. The van der Waals surface area contributed by atoms with Gasteiger partial charge in [-0.25, -0.2) is 0 Å². The van der Waals surface area contributed by atoms with Crippen molar-refractivity contribution in [2.45, 2.75) is 44.7 Å². The zero-order valence-corrected chi connectivity index (χ0v) is 8.64. The van der Waals surface area contributed by atoms with E-state index in [2.05, 4.69) is 18.2 Å². The highest BCUT2D eigenvalue weighted by molar-refractivity contribution is 5.07. The van der Waals surface area contributed by atoms with E-state index in [9.17, 15) is 0 Å². The molecule has 0 bridgehead atoms. The van der Waals surface area contributed by atoms with Crippen molar-refractivity contribution < 1.29 is 0 Å². The maximum atomic E-state index is 5.83. The van der Waals surface area contributed by atoms with E-state index in [-0.39, 0.29) is 11.6 Å². The van der Waals surface area contributed by atoms with E-state index in [4.69, 9.17) is 12.2 Å². The molecular weight excluding hydrogens is 160 g/mol. The van der Waals surface area contributed by atoms with Crippen LogP contribution < -0.4 is 11.1 Å². The SMILES string of the molecule is C#CC(C)NC(CC)(CN)C1CC1. The van der Waals surface area contributed by atoms with Gasteiger partial charge >= 0.3 is 0 Å². The largest absolute Gasteiger partial charge is 0.329 e. The van der Waals surface area contributed by atoms with Crippen LogP contribution in [0.25, 0.3) is 0 Å². The fourth-order valence-electron chi connectivity index (χ4n) is 1.99. The number of hydrogen-bond acceptors (Lipinski definition) is 2. The van der Waals surface area contributed by atoms with Crippen molar-refractivity contribution in [3.63, 3.8) is 0 Å². The Morgan fingerprint density at radius 2 is 2.31 bits per heavy atom. The summed E-state index contributed by atoms with van der Waals surface area (Å²) >= 11 is 0. The summed E-state index contributed by atoms with van der Waals surface area (Å²) in [4.78, 5) is 0. The van der Waals surface area contributed by atoms with E-state index in [1.165, 1.54) is 12.8 Å². The number of rotatable bonds is 5. The van der Waals surface area contributed by atoms with Crippen LogP contribution in [0.4, 0.5) is 0 Å². The zero-order chi connectivity index (χ0) is 9.90. The van der Waals surface area contributed by atoms with Gasteiger partial charge in [0.1, 0.15) is 0 Å². The van der Waals surface area contributed by atoms with Crippen molar-refractivity contribution >= 4 is 0 Å². The Bertz CT molecular complexity index is 197. The first kappa shape index (κ1) is 10.6. The molecule has 0 aromatic rings. The molecule has 2 nitrogen and oxygen atoms in total. The lowest BCUT2D eigenvalue weighted by Crippen LogP contribution is -2.55. The van der Waals surface area contributed by atoms with Crippen LogP contribution in [-0.4, -0.2) is 18.1 Å². The molecule has 1 saturated carbocycles. The Morgan fingerprint density at radius 3 is 2.62 bits per heavy atom. The second kappa shape index (κ2) is 4.13. The van der Waals surface area contributed by atoms with E-state index >= 15 is 0 Å². The number of terminal acetylenes is 1. The summed E-state index contributed by atoms with van der Waals surface area (Å²) in [5.74, 6) is 3.45. The molecule has 3 N–H and O–H groups in total. The van der Waals surface area contributed by atoms with Gasteiger partial charge in [-0.15, -0.1) is 6.42 Å². The molecule has 1 rings (SSSR count). The van der Waals surface area contributed by atoms with Crippen molar-refractivity contribution in [2.75, 3.05) is 6.54 Å². The van der Waals surface area contributed by atoms with Gasteiger partial charge in [-0.1, -0.05) is 12.8 Å². The van der Waals surface area contributed by atoms with Gasteiger partial charge in [0, 0.05) is 12.1 Å². The Morgan fingerprint density at radius 1 is 1.69 bits per heavy atom. The van der Waals surface area contributed by atoms with Gasteiger partial charge in [-0.05, 0) is 32.1 Å². The van der Waals surface area contributed by atoms with Crippen LogP contribution in [0.15, 0.2) is 0 Å². The van der Waals surface area contributed by atoms with E-state index in [0.717, 1.165) is 12.3 Å². The maximum Gasteiger partial charge on any atom is 0.0663 e. The Kier molecular flexibility index (Phi) is 3.35.